The van der Waals surface area contributed by atoms with Crippen LogP contribution in [-0.4, -0.2) is 10.2 Å². The summed E-state index contributed by atoms with van der Waals surface area (Å²) in [6, 6.07) is 1.53. The molecule has 0 aliphatic rings. The summed E-state index contributed by atoms with van der Waals surface area (Å²) >= 11 is 0. The van der Waals surface area contributed by atoms with Crippen molar-refractivity contribution in [3.05, 3.63) is 27.7 Å². The maximum absolute atomic E-state index is 11.2. The van der Waals surface area contributed by atoms with Crippen LogP contribution in [0.4, 0.5) is 0 Å². The number of nitrogens with one attached hydrogen (secondary N) is 1. The van der Waals surface area contributed by atoms with Crippen LogP contribution in [0.25, 0.3) is 0 Å². The highest BCUT2D eigenvalue weighted by atomic mass is 16.1. The maximum atomic E-state index is 11.2. The Hall–Kier alpha value is -1.16. The molecule has 0 radical (unpaired) electrons. The van der Waals surface area contributed by atoms with Crippen molar-refractivity contribution in [2.45, 2.75) is 32.7 Å². The van der Waals surface area contributed by atoms with Crippen molar-refractivity contribution in [2.24, 2.45) is 5.73 Å². The van der Waals surface area contributed by atoms with Gasteiger partial charge in [-0.15, -0.1) is 0 Å². The molecule has 0 spiro atoms. The summed E-state index contributed by atoms with van der Waals surface area (Å²) in [5, 5.41) is 6.37. The highest BCUT2D eigenvalue weighted by Gasteiger charge is 2.08. The van der Waals surface area contributed by atoms with E-state index in [0.29, 0.717) is 11.5 Å². The number of nitrogens with zero attached hydrogens (tertiary/aromatic N) is 1. The van der Waals surface area contributed by atoms with Crippen molar-refractivity contribution in [2.75, 3.05) is 0 Å². The Balaban J connectivity index is 3.19. The van der Waals surface area contributed by atoms with Crippen LogP contribution in [0.3, 0.4) is 0 Å². The van der Waals surface area contributed by atoms with Crippen LogP contribution in [0.5, 0.6) is 0 Å². The molecule has 4 heteroatoms. The van der Waals surface area contributed by atoms with Gasteiger partial charge < -0.3 is 5.73 Å². The molecule has 72 valence electrons. The molecule has 0 fully saturated rings. The Morgan fingerprint density at radius 1 is 1.46 bits per heavy atom. The number of rotatable bonds is 2. The average molecular weight is 181 g/mol. The largest absolute Gasteiger partial charge is 0.324 e. The standard InChI is InChI=1S/C9H15N3O/c1-5(2)8-4-7(6(3)10)9(13)12-11-8/h4-6H,10H2,1-3H3,(H,12,13). The molecule has 0 aliphatic carbocycles. The van der Waals surface area contributed by atoms with Gasteiger partial charge in [0.1, 0.15) is 0 Å². The number of aromatic amines is 1. The first-order chi connectivity index (χ1) is 6.02. The molecule has 13 heavy (non-hydrogen) atoms. The second-order valence-electron chi connectivity index (χ2n) is 3.52. The zero-order chi connectivity index (χ0) is 10.0. The normalized spacial score (nSPS) is 13.3. The van der Waals surface area contributed by atoms with Crippen LogP contribution >= 0.6 is 0 Å². The second kappa shape index (κ2) is 3.70. The fourth-order valence-corrected chi connectivity index (χ4v) is 1.07. The van der Waals surface area contributed by atoms with Crippen molar-refractivity contribution in [1.82, 2.24) is 10.2 Å². The van der Waals surface area contributed by atoms with E-state index in [1.807, 2.05) is 13.8 Å². The van der Waals surface area contributed by atoms with Gasteiger partial charge >= 0.3 is 0 Å². The lowest BCUT2D eigenvalue weighted by Crippen LogP contribution is -2.21. The quantitative estimate of drug-likeness (QED) is 0.712. The Morgan fingerprint density at radius 3 is 2.54 bits per heavy atom. The first-order valence-electron chi connectivity index (χ1n) is 4.37. The van der Waals surface area contributed by atoms with E-state index in [1.165, 1.54) is 0 Å². The third-order valence-electron chi connectivity index (χ3n) is 1.93. The smallest absolute Gasteiger partial charge is 0.268 e. The first-order valence-corrected chi connectivity index (χ1v) is 4.37. The minimum atomic E-state index is -0.246. The summed E-state index contributed by atoms with van der Waals surface area (Å²) in [6.45, 7) is 5.83. The molecular weight excluding hydrogens is 166 g/mol. The van der Waals surface area contributed by atoms with Crippen LogP contribution in [-0.2, 0) is 0 Å². The fourth-order valence-electron chi connectivity index (χ4n) is 1.07. The molecule has 0 amide bonds. The lowest BCUT2D eigenvalue weighted by molar-refractivity contribution is 0.733. The van der Waals surface area contributed by atoms with Crippen LogP contribution < -0.4 is 11.3 Å². The molecule has 1 heterocycles. The summed E-state index contributed by atoms with van der Waals surface area (Å²) < 4.78 is 0. The first kappa shape index (κ1) is 9.92. The van der Waals surface area contributed by atoms with Crippen LogP contribution in [0.1, 0.15) is 44.0 Å². The third kappa shape index (κ3) is 2.15. The molecule has 0 aliphatic heterocycles. The van der Waals surface area contributed by atoms with Gasteiger partial charge in [-0.3, -0.25) is 4.79 Å². The van der Waals surface area contributed by atoms with E-state index in [9.17, 15) is 4.79 Å². The van der Waals surface area contributed by atoms with E-state index in [2.05, 4.69) is 10.2 Å². The SMILES string of the molecule is CC(C)c1cc(C(C)N)c(=O)[nH]n1. The van der Waals surface area contributed by atoms with Crippen molar-refractivity contribution in [3.63, 3.8) is 0 Å². The Labute approximate surface area is 77.2 Å². The average Bonchev–Trinajstić information content (AvgIpc) is 2.04. The third-order valence-corrected chi connectivity index (χ3v) is 1.93. The minimum absolute atomic E-state index is 0.195. The molecule has 0 saturated carbocycles. The monoisotopic (exact) mass is 181 g/mol. The molecule has 0 aromatic carbocycles. The Kier molecular flexibility index (Phi) is 2.83. The summed E-state index contributed by atoms with van der Waals surface area (Å²) in [7, 11) is 0. The van der Waals surface area contributed by atoms with E-state index < -0.39 is 0 Å². The molecule has 1 aromatic rings. The van der Waals surface area contributed by atoms with Crippen LogP contribution in [0.15, 0.2) is 10.9 Å². The minimum Gasteiger partial charge on any atom is -0.324 e. The van der Waals surface area contributed by atoms with Gasteiger partial charge in [0.2, 0.25) is 0 Å². The number of hydrogen-bond donors (Lipinski definition) is 2. The van der Waals surface area contributed by atoms with Gasteiger partial charge in [0.25, 0.3) is 5.56 Å². The summed E-state index contributed by atoms with van der Waals surface area (Å²) in [5.41, 5.74) is 6.90. The Morgan fingerprint density at radius 2 is 2.08 bits per heavy atom. The van der Waals surface area contributed by atoms with Crippen molar-refractivity contribution in [1.29, 1.82) is 0 Å². The van der Waals surface area contributed by atoms with E-state index in [1.54, 1.807) is 13.0 Å². The van der Waals surface area contributed by atoms with Crippen LogP contribution in [0, 0.1) is 0 Å². The molecule has 0 bridgehead atoms. The maximum Gasteiger partial charge on any atom is 0.268 e. The van der Waals surface area contributed by atoms with Crippen molar-refractivity contribution in [3.8, 4) is 0 Å². The number of aromatic nitrogens is 2. The van der Waals surface area contributed by atoms with Gasteiger partial charge in [0.15, 0.2) is 0 Å². The van der Waals surface area contributed by atoms with Crippen molar-refractivity contribution >= 4 is 0 Å². The summed E-state index contributed by atoms with van der Waals surface area (Å²) in [4.78, 5) is 11.2. The van der Waals surface area contributed by atoms with Crippen molar-refractivity contribution < 1.29 is 0 Å². The zero-order valence-corrected chi connectivity index (χ0v) is 8.16. The lowest BCUT2D eigenvalue weighted by atomic mass is 10.1. The van der Waals surface area contributed by atoms with Crippen LogP contribution in [0.2, 0.25) is 0 Å². The van der Waals surface area contributed by atoms with Gasteiger partial charge in [0.05, 0.1) is 5.69 Å². The topological polar surface area (TPSA) is 71.8 Å². The highest BCUT2D eigenvalue weighted by Crippen LogP contribution is 2.12. The molecule has 3 N–H and O–H groups in total. The summed E-state index contributed by atoms with van der Waals surface area (Å²) in [5.74, 6) is 0.300. The molecule has 4 nitrogen and oxygen atoms in total. The van der Waals surface area contributed by atoms with E-state index in [0.717, 1.165) is 5.69 Å². The van der Waals surface area contributed by atoms with E-state index >= 15 is 0 Å². The molecule has 0 saturated heterocycles. The van der Waals surface area contributed by atoms with Gasteiger partial charge in [0, 0.05) is 11.6 Å². The second-order valence-corrected chi connectivity index (χ2v) is 3.52. The van der Waals surface area contributed by atoms with E-state index in [4.69, 9.17) is 5.73 Å². The summed E-state index contributed by atoms with van der Waals surface area (Å²) in [6.07, 6.45) is 0. The van der Waals surface area contributed by atoms with Gasteiger partial charge in [-0.1, -0.05) is 13.8 Å². The van der Waals surface area contributed by atoms with E-state index in [-0.39, 0.29) is 11.6 Å². The molecule has 1 atom stereocenters. The number of nitrogens with two attached hydrogens (primary N) is 1. The molecular formula is C9H15N3O. The predicted octanol–water partition coefficient (Wildman–Crippen LogP) is 0.913. The highest BCUT2D eigenvalue weighted by molar-refractivity contribution is 5.17. The number of hydrogen-bond acceptors (Lipinski definition) is 3. The van der Waals surface area contributed by atoms with Gasteiger partial charge in [-0.2, -0.15) is 5.10 Å². The molecule has 1 aromatic heterocycles. The Bertz CT molecular complexity index is 341. The lowest BCUT2D eigenvalue weighted by Gasteiger charge is -2.07. The number of H-pyrrole nitrogens is 1. The zero-order valence-electron chi connectivity index (χ0n) is 8.16. The predicted molar refractivity (Wildman–Crippen MR) is 51.5 cm³/mol. The van der Waals surface area contributed by atoms with Gasteiger partial charge in [-0.05, 0) is 18.9 Å². The molecule has 1 rings (SSSR count). The molecule has 1 unspecified atom stereocenters. The van der Waals surface area contributed by atoms with Gasteiger partial charge in [-0.25, -0.2) is 5.10 Å². The fraction of sp³-hybridized carbons (Fsp3) is 0.556.